The van der Waals surface area contributed by atoms with Crippen molar-refractivity contribution in [3.63, 3.8) is 0 Å². The molecule has 1 saturated heterocycles. The second-order valence-corrected chi connectivity index (χ2v) is 7.31. The Kier molecular flexibility index (Phi) is 11.4. The largest absolute Gasteiger partial charge is 0.467 e. The molecule has 27 heavy (non-hydrogen) atoms. The van der Waals surface area contributed by atoms with Crippen LogP contribution < -0.4 is 0 Å². The van der Waals surface area contributed by atoms with Gasteiger partial charge >= 0.3 is 17.9 Å². The van der Waals surface area contributed by atoms with Crippen LogP contribution in [0.4, 0.5) is 0 Å². The number of nitrogens with one attached hydrogen (secondary N) is 1. The molecule has 0 aromatic carbocycles. The summed E-state index contributed by atoms with van der Waals surface area (Å²) in [5.74, 6) is -3.65. The molecule has 1 rings (SSSR count). The van der Waals surface area contributed by atoms with Gasteiger partial charge in [-0.3, -0.25) is 15.0 Å². The molecule has 0 unspecified atom stereocenters. The number of aliphatic hydroxyl groups is 1. The Balaban J connectivity index is 0.00000676. The summed E-state index contributed by atoms with van der Waals surface area (Å²) >= 11 is 16.5. The number of alkyl halides is 3. The van der Waals surface area contributed by atoms with Crippen molar-refractivity contribution in [2.45, 2.75) is 48.3 Å². The van der Waals surface area contributed by atoms with E-state index in [2.05, 4.69) is 4.74 Å². The Morgan fingerprint density at radius 2 is 1.52 bits per heavy atom. The molecule has 14 heteroatoms. The summed E-state index contributed by atoms with van der Waals surface area (Å²) < 4.78 is 22.3. The Labute approximate surface area is 205 Å². The van der Waals surface area contributed by atoms with Gasteiger partial charge in [0.2, 0.25) is 12.2 Å². The van der Waals surface area contributed by atoms with Gasteiger partial charge in [-0.05, 0) is 0 Å². The van der Waals surface area contributed by atoms with Crippen molar-refractivity contribution in [3.05, 3.63) is 0 Å². The van der Waals surface area contributed by atoms with E-state index in [-0.39, 0.29) is 44.1 Å². The van der Waals surface area contributed by atoms with Crippen molar-refractivity contribution in [1.29, 1.82) is 5.41 Å². The number of halogens is 3. The minimum absolute atomic E-state index is 0. The van der Waals surface area contributed by atoms with Crippen molar-refractivity contribution in [2.24, 2.45) is 0 Å². The predicted octanol–water partition coefficient (Wildman–Crippen LogP) is 0.473. The van der Waals surface area contributed by atoms with Gasteiger partial charge in [0.25, 0.3) is 3.79 Å². The molecule has 5 atom stereocenters. The molecule has 0 spiro atoms. The number of hydrogen-bond acceptors (Lipinski definition) is 10. The molecule has 0 aliphatic carbocycles. The maximum Gasteiger partial charge on any atom is 0.339 e. The van der Waals surface area contributed by atoms with Crippen LogP contribution in [0.1, 0.15) is 13.8 Å². The van der Waals surface area contributed by atoms with Crippen molar-refractivity contribution in [3.8, 4) is 0 Å². The first-order chi connectivity index (χ1) is 11.9. The average Bonchev–Trinajstić information content (AvgIpc) is 2.50. The zero-order valence-corrected chi connectivity index (χ0v) is 21.3. The molecule has 1 heterocycles. The summed E-state index contributed by atoms with van der Waals surface area (Å²) in [6.07, 6.45) is -8.34. The number of carbonyl (C=O) groups excluding carboxylic acids is 3. The first kappa shape index (κ1) is 27.1. The Hall–Kier alpha value is 0.112. The number of rotatable bonds is 4. The Morgan fingerprint density at radius 3 is 1.93 bits per heavy atom. The summed E-state index contributed by atoms with van der Waals surface area (Å²) in [5.41, 5.74) is 0. The molecule has 1 radical (unpaired) electrons. The zero-order chi connectivity index (χ0) is 20.2. The third-order valence-corrected chi connectivity index (χ3v) is 3.56. The fraction of sp³-hybridized carbons (Fsp3) is 0.692. The molecule has 151 valence electrons. The molecule has 1 aliphatic heterocycles. The van der Waals surface area contributed by atoms with Crippen LogP contribution in [0.15, 0.2) is 0 Å². The van der Waals surface area contributed by atoms with Crippen LogP contribution in [0.2, 0.25) is 0 Å². The third kappa shape index (κ3) is 7.80. The van der Waals surface area contributed by atoms with Crippen molar-refractivity contribution < 1.29 is 87.2 Å². The van der Waals surface area contributed by atoms with Gasteiger partial charge in [0.05, 0.1) is 7.11 Å². The molecule has 0 amide bonds. The summed E-state index contributed by atoms with van der Waals surface area (Å²) in [6.45, 7) is 2.06. The predicted molar refractivity (Wildman–Crippen MR) is 86.9 cm³/mol. The van der Waals surface area contributed by atoms with E-state index in [9.17, 15) is 19.5 Å². The summed E-state index contributed by atoms with van der Waals surface area (Å²) in [7, 11) is 1.03. The van der Waals surface area contributed by atoms with Crippen LogP contribution in [0.25, 0.3) is 0 Å². The van der Waals surface area contributed by atoms with Crippen LogP contribution in [0.3, 0.4) is 0 Å². The maximum absolute atomic E-state index is 11.9. The van der Waals surface area contributed by atoms with Crippen molar-refractivity contribution in [1.82, 2.24) is 0 Å². The molecule has 0 saturated carbocycles. The SMILES string of the molecule is COC(=O)[C@H]1O[C@H](OC(=N)C(Cl)(Cl)Cl)[C@H](OC(C)=O)[C@@H](O)[C@@H]1OC(C)=O.[Ac]. The second kappa shape index (κ2) is 11.3. The first-order valence-electron chi connectivity index (χ1n) is 6.96. The van der Waals surface area contributed by atoms with E-state index in [0.717, 1.165) is 21.0 Å². The van der Waals surface area contributed by atoms with E-state index in [1.165, 1.54) is 0 Å². The normalized spacial score (nSPS) is 27.6. The molecule has 0 bridgehead atoms. The smallest absolute Gasteiger partial charge is 0.339 e. The second-order valence-electron chi connectivity index (χ2n) is 5.03. The van der Waals surface area contributed by atoms with Gasteiger partial charge in [-0.1, -0.05) is 34.8 Å². The summed E-state index contributed by atoms with van der Waals surface area (Å²) in [6, 6.07) is 0. The first-order valence-corrected chi connectivity index (χ1v) is 8.10. The summed E-state index contributed by atoms with van der Waals surface area (Å²) in [4.78, 5) is 34.5. The molecule has 2 N–H and O–H groups in total. The Bertz CT molecular complexity index is 586. The average molecular weight is 664 g/mol. The Morgan fingerprint density at radius 1 is 1.04 bits per heavy atom. The van der Waals surface area contributed by atoms with Crippen LogP contribution in [0.5, 0.6) is 0 Å². The van der Waals surface area contributed by atoms with Gasteiger partial charge in [0.15, 0.2) is 18.3 Å². The van der Waals surface area contributed by atoms with E-state index in [1.807, 2.05) is 0 Å². The topological polar surface area (TPSA) is 141 Å². The number of methoxy groups -OCH3 is 1. The minimum Gasteiger partial charge on any atom is -0.467 e. The monoisotopic (exact) mass is 662 g/mol. The third-order valence-electron chi connectivity index (χ3n) is 3.05. The molecule has 1 aliphatic rings. The number of hydrogen-bond donors (Lipinski definition) is 2. The quantitative estimate of drug-likeness (QED) is 0.144. The molecule has 0 aromatic heterocycles. The minimum atomic E-state index is -2.29. The summed E-state index contributed by atoms with van der Waals surface area (Å²) in [5, 5.41) is 18.0. The fourth-order valence-electron chi connectivity index (χ4n) is 2.05. The van der Waals surface area contributed by atoms with Crippen LogP contribution in [0, 0.1) is 49.5 Å². The van der Waals surface area contributed by atoms with E-state index >= 15 is 0 Å². The van der Waals surface area contributed by atoms with Gasteiger partial charge in [-0.15, -0.1) is 0 Å². The van der Waals surface area contributed by atoms with Gasteiger partial charge in [0.1, 0.15) is 6.10 Å². The molecular weight excluding hydrogens is 648 g/mol. The fourth-order valence-corrected chi connectivity index (χ4v) is 2.18. The number of aliphatic hydroxyl groups excluding tert-OH is 1. The standard InChI is InChI=1S/C13H16Cl3NO9.Ac/c1-4(18)23-7-6(20)8(24-5(2)19)11(25-9(7)10(21)22-3)26-12(17)13(14,15)16;/h6-9,11,17,20H,1-3H3;/t6-,7-,8+,9-,11+;/m0./s1. The van der Waals surface area contributed by atoms with Crippen LogP contribution in [-0.4, -0.2) is 70.5 Å². The zero-order valence-electron chi connectivity index (χ0n) is 14.3. The van der Waals surface area contributed by atoms with E-state index in [0.29, 0.717) is 0 Å². The van der Waals surface area contributed by atoms with E-state index < -0.39 is 58.3 Å². The molecule has 1 fully saturated rings. The molecule has 10 nitrogen and oxygen atoms in total. The molecule has 0 aromatic rings. The number of esters is 3. The van der Waals surface area contributed by atoms with Gasteiger partial charge in [-0.2, -0.15) is 0 Å². The van der Waals surface area contributed by atoms with Crippen molar-refractivity contribution >= 4 is 58.6 Å². The van der Waals surface area contributed by atoms with Crippen LogP contribution in [-0.2, 0) is 38.1 Å². The van der Waals surface area contributed by atoms with Gasteiger partial charge in [-0.25, -0.2) is 4.79 Å². The molecular formula is C13H16AcCl3NO9. The van der Waals surface area contributed by atoms with Crippen molar-refractivity contribution in [2.75, 3.05) is 7.11 Å². The van der Waals surface area contributed by atoms with E-state index in [4.69, 9.17) is 59.2 Å². The number of ether oxygens (including phenoxy) is 5. The van der Waals surface area contributed by atoms with Gasteiger partial charge < -0.3 is 28.8 Å². The number of carbonyl (C=O) groups is 3. The van der Waals surface area contributed by atoms with E-state index in [1.54, 1.807) is 0 Å². The van der Waals surface area contributed by atoms with Gasteiger partial charge in [0, 0.05) is 57.9 Å². The van der Waals surface area contributed by atoms with Crippen LogP contribution >= 0.6 is 34.8 Å². The maximum atomic E-state index is 11.9.